The molecule has 3 rings (SSSR count). The zero-order valence-corrected chi connectivity index (χ0v) is 20.4. The predicted molar refractivity (Wildman–Crippen MR) is 128 cm³/mol. The number of thioether (sulfide) groups is 1. The van der Waals surface area contributed by atoms with Crippen LogP contribution in [0.4, 0.5) is 4.79 Å². The van der Waals surface area contributed by atoms with E-state index in [9.17, 15) is 14.4 Å². The van der Waals surface area contributed by atoms with Gasteiger partial charge in [-0.3, -0.25) is 14.5 Å². The quantitative estimate of drug-likeness (QED) is 0.339. The second-order valence-electron chi connectivity index (χ2n) is 7.25. The van der Waals surface area contributed by atoms with E-state index in [1.54, 1.807) is 56.3 Å². The highest BCUT2D eigenvalue weighted by atomic mass is 35.5. The van der Waals surface area contributed by atoms with E-state index >= 15 is 0 Å². The van der Waals surface area contributed by atoms with Crippen LogP contribution in [-0.4, -0.2) is 41.8 Å². The summed E-state index contributed by atoms with van der Waals surface area (Å²) >= 11 is 12.8. The van der Waals surface area contributed by atoms with Crippen molar-refractivity contribution in [3.63, 3.8) is 0 Å². The van der Waals surface area contributed by atoms with Crippen LogP contribution in [0.15, 0.2) is 41.3 Å². The first kappa shape index (κ1) is 25.0. The lowest BCUT2D eigenvalue weighted by Crippen LogP contribution is -2.27. The van der Waals surface area contributed by atoms with Crippen molar-refractivity contribution in [2.75, 3.05) is 13.7 Å². The van der Waals surface area contributed by atoms with Gasteiger partial charge in [-0.2, -0.15) is 0 Å². The van der Waals surface area contributed by atoms with Gasteiger partial charge in [0.15, 0.2) is 18.1 Å². The van der Waals surface area contributed by atoms with Crippen LogP contribution in [-0.2, 0) is 20.9 Å². The second kappa shape index (κ2) is 11.0. The molecule has 2 aromatic rings. The molecule has 10 heteroatoms. The maximum absolute atomic E-state index is 12.8. The highest BCUT2D eigenvalue weighted by Gasteiger charge is 2.35. The van der Waals surface area contributed by atoms with Gasteiger partial charge >= 0.3 is 5.97 Å². The van der Waals surface area contributed by atoms with E-state index in [4.69, 9.17) is 37.4 Å². The molecular weight excluding hydrogens is 489 g/mol. The van der Waals surface area contributed by atoms with Gasteiger partial charge in [0.2, 0.25) is 0 Å². The van der Waals surface area contributed by atoms with Crippen molar-refractivity contribution >= 4 is 58.2 Å². The molecule has 0 saturated carbocycles. The van der Waals surface area contributed by atoms with E-state index in [1.165, 1.54) is 7.11 Å². The minimum atomic E-state index is -0.494. The van der Waals surface area contributed by atoms with Gasteiger partial charge in [-0.15, -0.1) is 0 Å². The van der Waals surface area contributed by atoms with Crippen molar-refractivity contribution in [1.82, 2.24) is 4.90 Å². The zero-order valence-electron chi connectivity index (χ0n) is 18.1. The summed E-state index contributed by atoms with van der Waals surface area (Å²) in [6.45, 7) is 3.32. The van der Waals surface area contributed by atoms with Crippen molar-refractivity contribution in [2.24, 2.45) is 0 Å². The number of esters is 1. The Morgan fingerprint density at radius 2 is 1.85 bits per heavy atom. The SMILES string of the molecule is COc1cc(/C=C2\SC(=O)N(Cc3ccc(Cl)c(Cl)c3)C2=O)ccc1OCC(=O)OC(C)C. The summed E-state index contributed by atoms with van der Waals surface area (Å²) in [7, 11) is 1.46. The van der Waals surface area contributed by atoms with Gasteiger partial charge in [0.05, 0.1) is 34.7 Å². The molecule has 1 aliphatic rings. The minimum Gasteiger partial charge on any atom is -0.493 e. The predicted octanol–water partition coefficient (Wildman–Crippen LogP) is 5.57. The molecule has 1 saturated heterocycles. The average Bonchev–Trinajstić information content (AvgIpc) is 3.02. The normalized spacial score (nSPS) is 14.8. The summed E-state index contributed by atoms with van der Waals surface area (Å²) in [5.41, 5.74) is 1.32. The number of benzene rings is 2. The summed E-state index contributed by atoms with van der Waals surface area (Å²) in [5, 5.41) is 0.365. The molecule has 1 heterocycles. The monoisotopic (exact) mass is 509 g/mol. The molecule has 174 valence electrons. The van der Waals surface area contributed by atoms with Crippen LogP contribution < -0.4 is 9.47 Å². The Labute approximate surface area is 205 Å². The molecule has 0 atom stereocenters. The third-order valence-electron chi connectivity index (χ3n) is 4.40. The van der Waals surface area contributed by atoms with Crippen LogP contribution in [0.1, 0.15) is 25.0 Å². The Bertz CT molecular complexity index is 1120. The molecule has 33 heavy (non-hydrogen) atoms. The number of halogens is 2. The third kappa shape index (κ3) is 6.43. The summed E-state index contributed by atoms with van der Waals surface area (Å²) in [6, 6.07) is 9.91. The average molecular weight is 510 g/mol. The Morgan fingerprint density at radius 3 is 2.52 bits per heavy atom. The lowest BCUT2D eigenvalue weighted by atomic mass is 10.1. The highest BCUT2D eigenvalue weighted by Crippen LogP contribution is 2.35. The minimum absolute atomic E-state index is 0.0848. The molecule has 2 amide bonds. The van der Waals surface area contributed by atoms with Gasteiger partial charge in [-0.1, -0.05) is 35.3 Å². The van der Waals surface area contributed by atoms with Gasteiger partial charge < -0.3 is 14.2 Å². The maximum Gasteiger partial charge on any atom is 0.344 e. The second-order valence-corrected chi connectivity index (χ2v) is 9.06. The van der Waals surface area contributed by atoms with Crippen LogP contribution >= 0.6 is 35.0 Å². The molecular formula is C23H21Cl2NO6S. The summed E-state index contributed by atoms with van der Waals surface area (Å²) in [6.07, 6.45) is 1.36. The summed E-state index contributed by atoms with van der Waals surface area (Å²) in [5.74, 6) is -0.183. The van der Waals surface area contributed by atoms with Crippen LogP contribution in [0.2, 0.25) is 10.0 Å². The number of ether oxygens (including phenoxy) is 3. The zero-order chi connectivity index (χ0) is 24.1. The van der Waals surface area contributed by atoms with Crippen molar-refractivity contribution in [3.8, 4) is 11.5 Å². The molecule has 0 unspecified atom stereocenters. The fraction of sp³-hybridized carbons (Fsp3) is 0.261. The third-order valence-corrected chi connectivity index (χ3v) is 6.04. The van der Waals surface area contributed by atoms with Crippen LogP contribution in [0, 0.1) is 0 Å². The van der Waals surface area contributed by atoms with Gasteiger partial charge in [-0.05, 0) is 67.1 Å². The number of amides is 2. The molecule has 1 aliphatic heterocycles. The smallest absolute Gasteiger partial charge is 0.344 e. The first-order chi connectivity index (χ1) is 15.7. The number of rotatable bonds is 8. The van der Waals surface area contributed by atoms with E-state index in [0.717, 1.165) is 16.7 Å². The van der Waals surface area contributed by atoms with E-state index in [2.05, 4.69) is 0 Å². The topological polar surface area (TPSA) is 82.1 Å². The number of carbonyl (C=O) groups is 3. The van der Waals surface area contributed by atoms with Crippen LogP contribution in [0.3, 0.4) is 0 Å². The van der Waals surface area contributed by atoms with E-state index < -0.39 is 11.9 Å². The van der Waals surface area contributed by atoms with Gasteiger partial charge in [0, 0.05) is 0 Å². The molecule has 0 radical (unpaired) electrons. The molecule has 0 N–H and O–H groups in total. The number of carbonyl (C=O) groups excluding carboxylic acids is 3. The summed E-state index contributed by atoms with van der Waals surface area (Å²) < 4.78 is 15.9. The Kier molecular flexibility index (Phi) is 8.29. The lowest BCUT2D eigenvalue weighted by Gasteiger charge is -2.13. The van der Waals surface area contributed by atoms with Gasteiger partial charge in [0.25, 0.3) is 11.1 Å². The highest BCUT2D eigenvalue weighted by molar-refractivity contribution is 8.18. The first-order valence-corrected chi connectivity index (χ1v) is 11.4. The molecule has 1 fully saturated rings. The van der Waals surface area contributed by atoms with Crippen molar-refractivity contribution in [1.29, 1.82) is 0 Å². The largest absolute Gasteiger partial charge is 0.493 e. The fourth-order valence-corrected chi connectivity index (χ4v) is 4.09. The number of methoxy groups -OCH3 is 1. The molecule has 2 aromatic carbocycles. The Morgan fingerprint density at radius 1 is 1.09 bits per heavy atom. The Hall–Kier alpha value is -2.68. The number of nitrogens with zero attached hydrogens (tertiary/aromatic N) is 1. The van der Waals surface area contributed by atoms with Crippen molar-refractivity contribution < 1.29 is 28.6 Å². The van der Waals surface area contributed by atoms with E-state index in [1.807, 2.05) is 0 Å². The fourth-order valence-electron chi connectivity index (χ4n) is 2.94. The first-order valence-electron chi connectivity index (χ1n) is 9.87. The Balaban J connectivity index is 1.73. The van der Waals surface area contributed by atoms with Gasteiger partial charge in [0.1, 0.15) is 0 Å². The lowest BCUT2D eigenvalue weighted by molar-refractivity contribution is -0.149. The molecule has 7 nitrogen and oxygen atoms in total. The molecule has 0 aliphatic carbocycles. The van der Waals surface area contributed by atoms with Crippen LogP contribution in [0.5, 0.6) is 11.5 Å². The van der Waals surface area contributed by atoms with Crippen LogP contribution in [0.25, 0.3) is 6.08 Å². The number of hydrogen-bond acceptors (Lipinski definition) is 7. The standard InChI is InChI=1S/C23H21Cl2NO6S/c1-13(2)32-21(27)12-31-18-7-5-14(9-19(18)30-3)10-20-22(28)26(23(29)33-20)11-15-4-6-16(24)17(25)8-15/h4-10,13H,11-12H2,1-3H3/b20-10-. The van der Waals surface area contributed by atoms with E-state index in [-0.39, 0.29) is 29.4 Å². The van der Waals surface area contributed by atoms with E-state index in [0.29, 0.717) is 32.7 Å². The van der Waals surface area contributed by atoms with Crippen molar-refractivity contribution in [2.45, 2.75) is 26.5 Å². The molecule has 0 bridgehead atoms. The molecule has 0 aromatic heterocycles. The number of hydrogen-bond donors (Lipinski definition) is 0. The van der Waals surface area contributed by atoms with Gasteiger partial charge in [-0.25, -0.2) is 4.79 Å². The number of imide groups is 1. The van der Waals surface area contributed by atoms with Crippen molar-refractivity contribution in [3.05, 3.63) is 62.5 Å². The summed E-state index contributed by atoms with van der Waals surface area (Å²) in [4.78, 5) is 38.4. The maximum atomic E-state index is 12.8. The molecule has 0 spiro atoms.